The lowest BCUT2D eigenvalue weighted by atomic mass is 10.1. The van der Waals surface area contributed by atoms with Gasteiger partial charge in [-0.2, -0.15) is 0 Å². The third-order valence-corrected chi connectivity index (χ3v) is 5.17. The minimum atomic E-state index is -0.705. The number of nitrogens with one attached hydrogen (secondary N) is 1. The van der Waals surface area contributed by atoms with Gasteiger partial charge < -0.3 is 19.5 Å². The number of hydrogen-bond acceptors (Lipinski definition) is 8. The largest absolute Gasteiger partial charge is 0.465 e. The van der Waals surface area contributed by atoms with Crippen LogP contribution >= 0.6 is 11.3 Å². The number of ether oxygens (including phenoxy) is 3. The summed E-state index contributed by atoms with van der Waals surface area (Å²) in [5.41, 5.74) is 1.38. The Labute approximate surface area is 171 Å². The summed E-state index contributed by atoms with van der Waals surface area (Å²) in [7, 11) is 2.41. The van der Waals surface area contributed by atoms with Crippen molar-refractivity contribution in [1.29, 1.82) is 0 Å². The Morgan fingerprint density at radius 1 is 1.00 bits per heavy atom. The van der Waals surface area contributed by atoms with Crippen molar-refractivity contribution in [2.75, 3.05) is 26.1 Å². The van der Waals surface area contributed by atoms with Gasteiger partial charge in [0.15, 0.2) is 6.61 Å². The predicted molar refractivity (Wildman–Crippen MR) is 106 cm³/mol. The average molecular weight is 419 g/mol. The van der Waals surface area contributed by atoms with E-state index in [-0.39, 0.29) is 21.9 Å². The minimum Gasteiger partial charge on any atom is -0.465 e. The van der Waals surface area contributed by atoms with E-state index in [1.807, 2.05) is 30.3 Å². The number of aryl methyl sites for hydroxylation is 1. The molecule has 0 atom stereocenters. The van der Waals surface area contributed by atoms with Gasteiger partial charge in [-0.05, 0) is 24.5 Å². The van der Waals surface area contributed by atoms with Gasteiger partial charge in [-0.15, -0.1) is 11.3 Å². The lowest BCUT2D eigenvalue weighted by molar-refractivity contribution is -0.147. The second-order valence-corrected chi connectivity index (χ2v) is 6.96. The molecule has 9 heteroatoms. The molecule has 2 rings (SSSR count). The maximum absolute atomic E-state index is 12.2. The van der Waals surface area contributed by atoms with Gasteiger partial charge >= 0.3 is 17.9 Å². The number of anilines is 1. The summed E-state index contributed by atoms with van der Waals surface area (Å²) in [5, 5.41) is 2.61. The number of amides is 1. The second-order valence-electron chi connectivity index (χ2n) is 5.94. The molecule has 0 aliphatic heterocycles. The number of carbonyl (C=O) groups is 4. The fourth-order valence-electron chi connectivity index (χ4n) is 2.51. The Hall–Kier alpha value is -3.20. The molecule has 8 nitrogen and oxygen atoms in total. The number of rotatable bonds is 8. The lowest BCUT2D eigenvalue weighted by Crippen LogP contribution is -2.21. The molecule has 0 bridgehead atoms. The van der Waals surface area contributed by atoms with E-state index in [0.717, 1.165) is 16.9 Å². The molecule has 1 aromatic carbocycles. The smallest absolute Gasteiger partial charge is 0.348 e. The maximum Gasteiger partial charge on any atom is 0.348 e. The maximum atomic E-state index is 12.2. The standard InChI is InChI=1S/C20H21NO7S/c1-12-16(19(24)26-2)18(29-17(12)20(25)27-3)21-14(22)11-28-15(23)10-9-13-7-5-4-6-8-13/h4-8H,9-11H2,1-3H3,(H,21,22). The molecule has 154 valence electrons. The zero-order valence-corrected chi connectivity index (χ0v) is 17.1. The van der Waals surface area contributed by atoms with Crippen molar-refractivity contribution < 1.29 is 33.4 Å². The normalized spacial score (nSPS) is 10.2. The quantitative estimate of drug-likeness (QED) is 0.518. The summed E-state index contributed by atoms with van der Waals surface area (Å²) in [5.74, 6) is -2.50. The fraction of sp³-hybridized carbons (Fsp3) is 0.300. The summed E-state index contributed by atoms with van der Waals surface area (Å²) in [4.78, 5) is 48.1. The molecule has 1 N–H and O–H groups in total. The molecule has 1 aromatic heterocycles. The number of thiophene rings is 1. The third kappa shape index (κ3) is 5.89. The molecule has 0 aliphatic carbocycles. The number of carbonyl (C=O) groups excluding carboxylic acids is 4. The first kappa shape index (κ1) is 22.1. The van der Waals surface area contributed by atoms with E-state index in [4.69, 9.17) is 9.47 Å². The molecular weight excluding hydrogens is 398 g/mol. The summed E-state index contributed by atoms with van der Waals surface area (Å²) in [6, 6.07) is 9.42. The van der Waals surface area contributed by atoms with Crippen LogP contribution < -0.4 is 5.32 Å². The topological polar surface area (TPSA) is 108 Å². The van der Waals surface area contributed by atoms with Crippen molar-refractivity contribution in [1.82, 2.24) is 0 Å². The van der Waals surface area contributed by atoms with Gasteiger partial charge in [0.2, 0.25) is 0 Å². The molecule has 1 heterocycles. The summed E-state index contributed by atoms with van der Waals surface area (Å²) < 4.78 is 14.4. The molecule has 0 saturated heterocycles. The van der Waals surface area contributed by atoms with Crippen LogP contribution in [0, 0.1) is 6.92 Å². The van der Waals surface area contributed by atoms with Gasteiger partial charge in [-0.1, -0.05) is 30.3 Å². The first-order valence-electron chi connectivity index (χ1n) is 8.66. The Balaban J connectivity index is 1.98. The van der Waals surface area contributed by atoms with Gasteiger partial charge in [0.1, 0.15) is 9.88 Å². The summed E-state index contributed by atoms with van der Waals surface area (Å²) in [6.07, 6.45) is 0.635. The molecule has 0 radical (unpaired) electrons. The minimum absolute atomic E-state index is 0.0571. The molecule has 1 amide bonds. The monoisotopic (exact) mass is 419 g/mol. The molecule has 0 unspecified atom stereocenters. The van der Waals surface area contributed by atoms with E-state index in [9.17, 15) is 19.2 Å². The van der Waals surface area contributed by atoms with Crippen LogP contribution in [0.2, 0.25) is 0 Å². The van der Waals surface area contributed by atoms with Crippen LogP contribution in [0.4, 0.5) is 5.00 Å². The van der Waals surface area contributed by atoms with E-state index in [2.05, 4.69) is 10.1 Å². The zero-order chi connectivity index (χ0) is 21.4. The third-order valence-electron chi connectivity index (χ3n) is 3.98. The van der Waals surface area contributed by atoms with Crippen LogP contribution in [0.5, 0.6) is 0 Å². The summed E-state index contributed by atoms with van der Waals surface area (Å²) in [6.45, 7) is 1.03. The highest BCUT2D eigenvalue weighted by Gasteiger charge is 2.26. The zero-order valence-electron chi connectivity index (χ0n) is 16.3. The van der Waals surface area contributed by atoms with E-state index < -0.39 is 30.4 Å². The van der Waals surface area contributed by atoms with Gasteiger partial charge in [0.05, 0.1) is 19.8 Å². The Bertz CT molecular complexity index is 905. The van der Waals surface area contributed by atoms with Gasteiger partial charge in [-0.25, -0.2) is 9.59 Å². The van der Waals surface area contributed by atoms with Crippen LogP contribution in [-0.4, -0.2) is 44.6 Å². The SMILES string of the molecule is COC(=O)c1sc(NC(=O)COC(=O)CCc2ccccc2)c(C(=O)OC)c1C. The number of hydrogen-bond donors (Lipinski definition) is 1. The molecule has 2 aromatic rings. The first-order valence-corrected chi connectivity index (χ1v) is 9.48. The first-order chi connectivity index (χ1) is 13.9. The van der Waals surface area contributed by atoms with E-state index in [1.54, 1.807) is 6.92 Å². The van der Waals surface area contributed by atoms with E-state index >= 15 is 0 Å². The van der Waals surface area contributed by atoms with Crippen molar-refractivity contribution >= 4 is 40.2 Å². The molecule has 0 spiro atoms. The molecule has 29 heavy (non-hydrogen) atoms. The van der Waals surface area contributed by atoms with Crippen LogP contribution in [0.1, 0.15) is 37.6 Å². The van der Waals surface area contributed by atoms with Crippen molar-refractivity contribution in [2.45, 2.75) is 19.8 Å². The predicted octanol–water partition coefficient (Wildman–Crippen LogP) is 2.74. The molecule has 0 aliphatic rings. The molecular formula is C20H21NO7S. The number of methoxy groups -OCH3 is 2. The van der Waals surface area contributed by atoms with Crippen LogP contribution in [-0.2, 0) is 30.2 Å². The fourth-order valence-corrected chi connectivity index (χ4v) is 3.64. The molecule has 0 fully saturated rings. The average Bonchev–Trinajstić information content (AvgIpc) is 3.06. The van der Waals surface area contributed by atoms with Crippen molar-refractivity contribution in [3.05, 3.63) is 51.9 Å². The lowest BCUT2D eigenvalue weighted by Gasteiger charge is -2.07. The van der Waals surface area contributed by atoms with Gasteiger partial charge in [0.25, 0.3) is 5.91 Å². The highest BCUT2D eigenvalue weighted by Crippen LogP contribution is 2.34. The Kier molecular flexibility index (Phi) is 7.90. The van der Waals surface area contributed by atoms with Crippen LogP contribution in [0.3, 0.4) is 0 Å². The van der Waals surface area contributed by atoms with Crippen LogP contribution in [0.25, 0.3) is 0 Å². The Morgan fingerprint density at radius 3 is 2.28 bits per heavy atom. The Morgan fingerprint density at radius 2 is 1.66 bits per heavy atom. The van der Waals surface area contributed by atoms with E-state index in [1.165, 1.54) is 14.2 Å². The van der Waals surface area contributed by atoms with Crippen LogP contribution in [0.15, 0.2) is 30.3 Å². The number of esters is 3. The van der Waals surface area contributed by atoms with Crippen molar-refractivity contribution in [3.8, 4) is 0 Å². The van der Waals surface area contributed by atoms with Gasteiger partial charge in [-0.3, -0.25) is 9.59 Å². The molecule has 0 saturated carbocycles. The van der Waals surface area contributed by atoms with Crippen molar-refractivity contribution in [2.24, 2.45) is 0 Å². The highest BCUT2D eigenvalue weighted by molar-refractivity contribution is 7.18. The summed E-state index contributed by atoms with van der Waals surface area (Å²) >= 11 is 0.885. The highest BCUT2D eigenvalue weighted by atomic mass is 32.1. The second kappa shape index (κ2) is 10.4. The van der Waals surface area contributed by atoms with Gasteiger partial charge in [0, 0.05) is 6.42 Å². The number of benzene rings is 1. The van der Waals surface area contributed by atoms with Crippen molar-refractivity contribution in [3.63, 3.8) is 0 Å². The van der Waals surface area contributed by atoms with E-state index in [0.29, 0.717) is 12.0 Å².